The topological polar surface area (TPSA) is 80.5 Å². The van der Waals surface area contributed by atoms with E-state index in [1.807, 2.05) is 0 Å². The zero-order chi connectivity index (χ0) is 13.2. The van der Waals surface area contributed by atoms with Crippen molar-refractivity contribution in [2.75, 3.05) is 13.1 Å². The second-order valence-corrected chi connectivity index (χ2v) is 5.69. The number of piperidine rings is 1. The summed E-state index contributed by atoms with van der Waals surface area (Å²) in [4.78, 5) is 10.9. The number of halogens is 1. The highest BCUT2D eigenvalue weighted by molar-refractivity contribution is 14.0. The Hall–Kier alpha value is -0.860. The molecular formula is C13H22IN5O. The van der Waals surface area contributed by atoms with Crippen LogP contribution in [0.15, 0.2) is 9.52 Å². The number of nitrogens with zero attached hydrogens (tertiary/aromatic N) is 4. The van der Waals surface area contributed by atoms with Gasteiger partial charge in [0.25, 0.3) is 0 Å². The van der Waals surface area contributed by atoms with Crippen molar-refractivity contribution in [3.8, 4) is 0 Å². The molecule has 0 amide bonds. The first-order chi connectivity index (χ1) is 9.22. The lowest BCUT2D eigenvalue weighted by molar-refractivity contribution is 0.270. The molecule has 1 saturated carbocycles. The number of aliphatic imine (C=N–C) groups is 1. The van der Waals surface area contributed by atoms with Crippen LogP contribution in [-0.2, 0) is 6.54 Å². The van der Waals surface area contributed by atoms with Gasteiger partial charge >= 0.3 is 0 Å². The van der Waals surface area contributed by atoms with Gasteiger partial charge in [-0.1, -0.05) is 12.1 Å². The van der Waals surface area contributed by atoms with Gasteiger partial charge in [0.05, 0.1) is 0 Å². The van der Waals surface area contributed by atoms with Crippen LogP contribution in [0.1, 0.15) is 50.2 Å². The summed E-state index contributed by atoms with van der Waals surface area (Å²) in [6, 6.07) is 0. The molecule has 112 valence electrons. The van der Waals surface area contributed by atoms with Crippen LogP contribution in [0.25, 0.3) is 0 Å². The first kappa shape index (κ1) is 15.5. The van der Waals surface area contributed by atoms with E-state index in [1.54, 1.807) is 0 Å². The van der Waals surface area contributed by atoms with Gasteiger partial charge in [-0.05, 0) is 31.6 Å². The number of aromatic nitrogens is 2. The van der Waals surface area contributed by atoms with Crippen molar-refractivity contribution in [1.82, 2.24) is 15.0 Å². The van der Waals surface area contributed by atoms with Crippen LogP contribution < -0.4 is 5.73 Å². The Morgan fingerprint density at radius 1 is 1.45 bits per heavy atom. The van der Waals surface area contributed by atoms with Gasteiger partial charge < -0.3 is 15.2 Å². The number of rotatable bonds is 3. The average molecular weight is 391 g/mol. The van der Waals surface area contributed by atoms with Crippen molar-refractivity contribution < 1.29 is 4.52 Å². The van der Waals surface area contributed by atoms with E-state index in [1.165, 1.54) is 25.7 Å². The van der Waals surface area contributed by atoms with Crippen LogP contribution in [0.3, 0.4) is 0 Å². The molecule has 1 aromatic heterocycles. The molecule has 0 spiro atoms. The smallest absolute Gasteiger partial charge is 0.229 e. The van der Waals surface area contributed by atoms with Crippen LogP contribution in [0.5, 0.6) is 0 Å². The fourth-order valence-corrected chi connectivity index (χ4v) is 2.48. The Bertz CT molecular complexity index is 471. The van der Waals surface area contributed by atoms with Gasteiger partial charge in [-0.2, -0.15) is 4.98 Å². The summed E-state index contributed by atoms with van der Waals surface area (Å²) in [6.07, 6.45) is 4.79. The van der Waals surface area contributed by atoms with E-state index in [-0.39, 0.29) is 24.0 Å². The molecule has 2 fully saturated rings. The Morgan fingerprint density at radius 3 is 2.95 bits per heavy atom. The standard InChI is InChI=1S/C13H21N5O.HI/c1-9-3-2-6-18(8-9)13(14)15-7-11-16-12(19-17-11)10-4-5-10;/h9-10H,2-8H2,1H3,(H2,14,15);1H. The van der Waals surface area contributed by atoms with Crippen LogP contribution >= 0.6 is 24.0 Å². The van der Waals surface area contributed by atoms with Crippen LogP contribution in [0.2, 0.25) is 0 Å². The molecule has 1 aliphatic heterocycles. The highest BCUT2D eigenvalue weighted by Gasteiger charge is 2.29. The third-order valence-electron chi connectivity index (χ3n) is 3.77. The monoisotopic (exact) mass is 391 g/mol. The summed E-state index contributed by atoms with van der Waals surface area (Å²) in [5.74, 6) is 3.18. The van der Waals surface area contributed by atoms with Gasteiger partial charge in [0, 0.05) is 19.0 Å². The molecule has 1 saturated heterocycles. The van der Waals surface area contributed by atoms with Crippen LogP contribution in [0, 0.1) is 5.92 Å². The molecule has 2 aliphatic rings. The Morgan fingerprint density at radius 2 is 2.25 bits per heavy atom. The fraction of sp³-hybridized carbons (Fsp3) is 0.769. The molecule has 0 radical (unpaired) electrons. The molecule has 6 nitrogen and oxygen atoms in total. The van der Waals surface area contributed by atoms with Gasteiger partial charge in [-0.15, -0.1) is 24.0 Å². The van der Waals surface area contributed by atoms with Crippen LogP contribution in [0.4, 0.5) is 0 Å². The first-order valence-corrected chi connectivity index (χ1v) is 7.09. The third-order valence-corrected chi connectivity index (χ3v) is 3.77. The Kier molecular flexibility index (Phi) is 5.22. The molecule has 7 heteroatoms. The molecule has 20 heavy (non-hydrogen) atoms. The van der Waals surface area contributed by atoms with Gasteiger partial charge in [0.15, 0.2) is 11.8 Å². The number of nitrogens with two attached hydrogens (primary N) is 1. The largest absolute Gasteiger partial charge is 0.370 e. The Labute approximate surface area is 136 Å². The SMILES string of the molecule is CC1CCCN(C(N)=NCc2noc(C3CC3)n2)C1.I. The number of guanidine groups is 1. The van der Waals surface area contributed by atoms with Gasteiger partial charge in [0.2, 0.25) is 5.89 Å². The average Bonchev–Trinajstić information content (AvgIpc) is 3.15. The minimum absolute atomic E-state index is 0. The van der Waals surface area contributed by atoms with E-state index < -0.39 is 0 Å². The summed E-state index contributed by atoms with van der Waals surface area (Å²) >= 11 is 0. The lowest BCUT2D eigenvalue weighted by atomic mass is 10.0. The summed E-state index contributed by atoms with van der Waals surface area (Å²) in [7, 11) is 0. The van der Waals surface area contributed by atoms with Crippen molar-refractivity contribution in [3.63, 3.8) is 0 Å². The maximum absolute atomic E-state index is 6.03. The first-order valence-electron chi connectivity index (χ1n) is 7.09. The van der Waals surface area contributed by atoms with E-state index >= 15 is 0 Å². The highest BCUT2D eigenvalue weighted by atomic mass is 127. The zero-order valence-electron chi connectivity index (χ0n) is 11.8. The van der Waals surface area contributed by atoms with Crippen molar-refractivity contribution >= 4 is 29.9 Å². The number of hydrogen-bond donors (Lipinski definition) is 1. The predicted octanol–water partition coefficient (Wildman–Crippen LogP) is 2.11. The molecule has 0 bridgehead atoms. The van der Waals surface area contributed by atoms with E-state index in [9.17, 15) is 0 Å². The fourth-order valence-electron chi connectivity index (χ4n) is 2.48. The zero-order valence-corrected chi connectivity index (χ0v) is 14.1. The van der Waals surface area contributed by atoms with Gasteiger partial charge in [-0.3, -0.25) is 0 Å². The maximum atomic E-state index is 6.03. The van der Waals surface area contributed by atoms with Gasteiger partial charge in [0.1, 0.15) is 6.54 Å². The lowest BCUT2D eigenvalue weighted by Crippen LogP contribution is -2.43. The molecular weight excluding hydrogens is 369 g/mol. The molecule has 3 rings (SSSR count). The van der Waals surface area contributed by atoms with Crippen molar-refractivity contribution in [2.45, 2.75) is 45.1 Å². The molecule has 1 aliphatic carbocycles. The summed E-state index contributed by atoms with van der Waals surface area (Å²) < 4.78 is 5.20. The molecule has 1 unspecified atom stereocenters. The van der Waals surface area contributed by atoms with E-state index in [2.05, 4.69) is 27.0 Å². The summed E-state index contributed by atoms with van der Waals surface area (Å²) in [5.41, 5.74) is 6.03. The molecule has 1 atom stereocenters. The lowest BCUT2D eigenvalue weighted by Gasteiger charge is -2.31. The maximum Gasteiger partial charge on any atom is 0.229 e. The van der Waals surface area contributed by atoms with Gasteiger partial charge in [-0.25, -0.2) is 4.99 Å². The third kappa shape index (κ3) is 3.83. The highest BCUT2D eigenvalue weighted by Crippen LogP contribution is 2.38. The number of likely N-dealkylation sites (tertiary alicyclic amines) is 1. The van der Waals surface area contributed by atoms with Crippen molar-refractivity contribution in [1.29, 1.82) is 0 Å². The normalized spacial score (nSPS) is 23.6. The predicted molar refractivity (Wildman–Crippen MR) is 87.0 cm³/mol. The van der Waals surface area contributed by atoms with E-state index in [0.717, 1.165) is 19.0 Å². The summed E-state index contributed by atoms with van der Waals surface area (Å²) in [6.45, 7) is 4.65. The van der Waals surface area contributed by atoms with Crippen LogP contribution in [-0.4, -0.2) is 34.1 Å². The summed E-state index contributed by atoms with van der Waals surface area (Å²) in [5, 5.41) is 3.94. The minimum atomic E-state index is 0. The molecule has 1 aromatic rings. The molecule has 2 heterocycles. The Balaban J connectivity index is 0.00000147. The second kappa shape index (κ2) is 6.73. The second-order valence-electron chi connectivity index (χ2n) is 5.69. The molecule has 2 N–H and O–H groups in total. The van der Waals surface area contributed by atoms with E-state index in [0.29, 0.717) is 30.2 Å². The van der Waals surface area contributed by atoms with Crippen molar-refractivity contribution in [3.05, 3.63) is 11.7 Å². The quantitative estimate of drug-likeness (QED) is 0.485. The van der Waals surface area contributed by atoms with E-state index in [4.69, 9.17) is 10.3 Å². The molecule has 0 aromatic carbocycles. The minimum Gasteiger partial charge on any atom is -0.370 e. The number of hydrogen-bond acceptors (Lipinski definition) is 4. The van der Waals surface area contributed by atoms with Crippen molar-refractivity contribution in [2.24, 2.45) is 16.6 Å².